The first-order valence-corrected chi connectivity index (χ1v) is 10.7. The summed E-state index contributed by atoms with van der Waals surface area (Å²) in [4.78, 5) is 20.1. The van der Waals surface area contributed by atoms with Crippen molar-refractivity contribution in [3.05, 3.63) is 66.6 Å². The fourth-order valence-corrected chi connectivity index (χ4v) is 4.99. The molecule has 2 atom stereocenters. The van der Waals surface area contributed by atoms with E-state index in [1.54, 1.807) is 12.4 Å². The van der Waals surface area contributed by atoms with Gasteiger partial charge in [-0.2, -0.15) is 5.10 Å². The van der Waals surface area contributed by atoms with Gasteiger partial charge in [0.05, 0.1) is 11.3 Å². The van der Waals surface area contributed by atoms with E-state index in [0.29, 0.717) is 23.2 Å². The predicted molar refractivity (Wildman–Crippen MR) is 113 cm³/mol. The van der Waals surface area contributed by atoms with Crippen LogP contribution in [0.5, 0.6) is 0 Å². The number of carbonyl (C=O) groups excluding carboxylic acids is 1. The number of piperidine rings is 1. The Balaban J connectivity index is 1.56. The molecule has 5 rings (SSSR count). The Labute approximate surface area is 171 Å². The molecule has 1 saturated heterocycles. The standard InChI is InChI=1S/C24H26N4O/c29-24(27-15-7-10-18-8-4-5-13-22(18)27)21-17-28(20-11-2-1-3-12-20)26-23(21)19-9-6-14-25-16-19/h1-3,6,9,11-12,14,16-18,22H,4-5,7-8,10,13,15H2/t18-,22+/m0/s1. The lowest BCUT2D eigenvalue weighted by Gasteiger charge is -2.44. The molecule has 3 aromatic rings. The molecule has 1 aliphatic carbocycles. The average molecular weight is 386 g/mol. The summed E-state index contributed by atoms with van der Waals surface area (Å²) in [5, 5.41) is 4.80. The van der Waals surface area contributed by atoms with E-state index < -0.39 is 0 Å². The Hall–Kier alpha value is -2.95. The lowest BCUT2D eigenvalue weighted by Crippen LogP contribution is -2.49. The van der Waals surface area contributed by atoms with Crippen LogP contribution < -0.4 is 0 Å². The number of rotatable bonds is 3. The normalized spacial score (nSPS) is 21.6. The Morgan fingerprint density at radius 3 is 2.62 bits per heavy atom. The zero-order valence-corrected chi connectivity index (χ0v) is 16.6. The minimum atomic E-state index is 0.114. The number of pyridine rings is 1. The van der Waals surface area contributed by atoms with Crippen molar-refractivity contribution in [1.82, 2.24) is 19.7 Å². The number of fused-ring (bicyclic) bond motifs is 1. The van der Waals surface area contributed by atoms with E-state index in [0.717, 1.165) is 30.6 Å². The maximum atomic E-state index is 13.7. The topological polar surface area (TPSA) is 51.0 Å². The van der Waals surface area contributed by atoms with Crippen LogP contribution in [-0.2, 0) is 0 Å². The molecule has 0 spiro atoms. The highest BCUT2D eigenvalue weighted by atomic mass is 16.2. The molecule has 2 aliphatic rings. The number of aromatic nitrogens is 3. The van der Waals surface area contributed by atoms with E-state index in [4.69, 9.17) is 5.10 Å². The van der Waals surface area contributed by atoms with E-state index in [9.17, 15) is 4.79 Å². The minimum Gasteiger partial charge on any atom is -0.335 e. The third-order valence-corrected chi connectivity index (χ3v) is 6.40. The molecule has 2 fully saturated rings. The quantitative estimate of drug-likeness (QED) is 0.654. The fraction of sp³-hybridized carbons (Fsp3) is 0.375. The predicted octanol–water partition coefficient (Wildman–Crippen LogP) is 4.73. The Morgan fingerprint density at radius 1 is 0.966 bits per heavy atom. The highest BCUT2D eigenvalue weighted by Gasteiger charge is 2.37. The SMILES string of the molecule is O=C(c1cn(-c2ccccc2)nc1-c1cccnc1)N1CCC[C@@H]2CCCC[C@H]21. The average Bonchev–Trinajstić information content (AvgIpc) is 3.25. The van der Waals surface area contributed by atoms with Gasteiger partial charge >= 0.3 is 0 Å². The van der Waals surface area contributed by atoms with Gasteiger partial charge in [0.15, 0.2) is 0 Å². The molecule has 29 heavy (non-hydrogen) atoms. The van der Waals surface area contributed by atoms with Crippen LogP contribution in [0.2, 0.25) is 0 Å². The molecule has 0 bridgehead atoms. The van der Waals surface area contributed by atoms with Gasteiger partial charge in [-0.05, 0) is 55.9 Å². The van der Waals surface area contributed by atoms with Crippen LogP contribution in [-0.4, -0.2) is 38.2 Å². The van der Waals surface area contributed by atoms with Gasteiger partial charge in [0, 0.05) is 36.7 Å². The molecule has 1 amide bonds. The lowest BCUT2D eigenvalue weighted by molar-refractivity contribution is 0.0391. The summed E-state index contributed by atoms with van der Waals surface area (Å²) in [6.07, 6.45) is 12.7. The number of carbonyl (C=O) groups is 1. The zero-order valence-electron chi connectivity index (χ0n) is 16.6. The third kappa shape index (κ3) is 3.46. The Morgan fingerprint density at radius 2 is 1.79 bits per heavy atom. The fourth-order valence-electron chi connectivity index (χ4n) is 4.99. The van der Waals surface area contributed by atoms with Crippen LogP contribution in [0.25, 0.3) is 16.9 Å². The first-order valence-electron chi connectivity index (χ1n) is 10.7. The molecule has 1 aliphatic heterocycles. The number of benzene rings is 1. The lowest BCUT2D eigenvalue weighted by atomic mass is 9.78. The number of amides is 1. The molecule has 5 nitrogen and oxygen atoms in total. The molecule has 0 N–H and O–H groups in total. The molecule has 1 saturated carbocycles. The molecule has 5 heteroatoms. The van der Waals surface area contributed by atoms with E-state index >= 15 is 0 Å². The summed E-state index contributed by atoms with van der Waals surface area (Å²) in [6, 6.07) is 14.2. The van der Waals surface area contributed by atoms with Crippen molar-refractivity contribution in [2.75, 3.05) is 6.54 Å². The molecular formula is C24H26N4O. The van der Waals surface area contributed by atoms with Crippen LogP contribution in [0.3, 0.4) is 0 Å². The van der Waals surface area contributed by atoms with E-state index in [2.05, 4.69) is 9.88 Å². The summed E-state index contributed by atoms with van der Waals surface area (Å²) < 4.78 is 1.82. The molecular weight excluding hydrogens is 360 g/mol. The van der Waals surface area contributed by atoms with Gasteiger partial charge in [-0.15, -0.1) is 0 Å². The third-order valence-electron chi connectivity index (χ3n) is 6.40. The van der Waals surface area contributed by atoms with Crippen LogP contribution >= 0.6 is 0 Å². The molecule has 0 radical (unpaired) electrons. The second kappa shape index (κ2) is 7.82. The summed E-state index contributed by atoms with van der Waals surface area (Å²) >= 11 is 0. The maximum absolute atomic E-state index is 13.7. The first-order chi connectivity index (χ1) is 14.3. The van der Waals surface area contributed by atoms with Crippen molar-refractivity contribution >= 4 is 5.91 Å². The van der Waals surface area contributed by atoms with E-state index in [-0.39, 0.29) is 5.91 Å². The molecule has 3 heterocycles. The highest BCUT2D eigenvalue weighted by molar-refractivity contribution is 6.00. The molecule has 2 aromatic heterocycles. The van der Waals surface area contributed by atoms with Crippen molar-refractivity contribution in [2.24, 2.45) is 5.92 Å². The van der Waals surface area contributed by atoms with Gasteiger partial charge in [0.2, 0.25) is 0 Å². The highest BCUT2D eigenvalue weighted by Crippen LogP contribution is 2.37. The monoisotopic (exact) mass is 386 g/mol. The van der Waals surface area contributed by atoms with Crippen LogP contribution in [0.15, 0.2) is 61.1 Å². The van der Waals surface area contributed by atoms with Crippen molar-refractivity contribution in [2.45, 2.75) is 44.6 Å². The van der Waals surface area contributed by atoms with Crippen LogP contribution in [0, 0.1) is 5.92 Å². The number of hydrogen-bond acceptors (Lipinski definition) is 3. The Kier molecular flexibility index (Phi) is 4.88. The summed E-state index contributed by atoms with van der Waals surface area (Å²) in [5.41, 5.74) is 3.21. The summed E-state index contributed by atoms with van der Waals surface area (Å²) in [6.45, 7) is 0.850. The minimum absolute atomic E-state index is 0.114. The molecule has 0 unspecified atom stereocenters. The zero-order chi connectivity index (χ0) is 19.6. The van der Waals surface area contributed by atoms with E-state index in [1.807, 2.05) is 53.3 Å². The van der Waals surface area contributed by atoms with Crippen LogP contribution in [0.4, 0.5) is 0 Å². The Bertz CT molecular complexity index is 981. The van der Waals surface area contributed by atoms with Gasteiger partial charge in [-0.1, -0.05) is 31.0 Å². The maximum Gasteiger partial charge on any atom is 0.257 e. The largest absolute Gasteiger partial charge is 0.335 e. The number of hydrogen-bond donors (Lipinski definition) is 0. The van der Waals surface area contributed by atoms with Gasteiger partial charge in [0.1, 0.15) is 5.69 Å². The summed E-state index contributed by atoms with van der Waals surface area (Å²) in [5.74, 6) is 0.773. The van der Waals surface area contributed by atoms with Crippen molar-refractivity contribution < 1.29 is 4.79 Å². The molecule has 148 valence electrons. The second-order valence-electron chi connectivity index (χ2n) is 8.17. The number of nitrogens with zero attached hydrogens (tertiary/aromatic N) is 4. The first kappa shape index (κ1) is 18.1. The second-order valence-corrected chi connectivity index (χ2v) is 8.17. The van der Waals surface area contributed by atoms with Crippen molar-refractivity contribution in [3.63, 3.8) is 0 Å². The van der Waals surface area contributed by atoms with Gasteiger partial charge in [-0.25, -0.2) is 4.68 Å². The summed E-state index contributed by atoms with van der Waals surface area (Å²) in [7, 11) is 0. The van der Waals surface area contributed by atoms with E-state index in [1.165, 1.54) is 25.7 Å². The van der Waals surface area contributed by atoms with Crippen molar-refractivity contribution in [3.8, 4) is 16.9 Å². The number of likely N-dealkylation sites (tertiary alicyclic amines) is 1. The number of para-hydroxylation sites is 1. The van der Waals surface area contributed by atoms with Gasteiger partial charge in [-0.3, -0.25) is 9.78 Å². The molecule has 1 aromatic carbocycles. The van der Waals surface area contributed by atoms with Gasteiger partial charge in [0.25, 0.3) is 5.91 Å². The van der Waals surface area contributed by atoms with Crippen LogP contribution in [0.1, 0.15) is 48.9 Å². The van der Waals surface area contributed by atoms with Gasteiger partial charge < -0.3 is 4.90 Å². The smallest absolute Gasteiger partial charge is 0.257 e. The van der Waals surface area contributed by atoms with Crippen molar-refractivity contribution in [1.29, 1.82) is 0 Å².